The number of methoxy groups -OCH3 is 2. The number of hydrogen-bond acceptors (Lipinski definition) is 4. The van der Waals surface area contributed by atoms with Crippen LogP contribution in [-0.4, -0.2) is 20.3 Å². The van der Waals surface area contributed by atoms with Gasteiger partial charge in [0.1, 0.15) is 17.0 Å². The largest absolute Gasteiger partial charge is 0.496 e. The van der Waals surface area contributed by atoms with Gasteiger partial charge in [-0.2, -0.15) is 4.99 Å². The van der Waals surface area contributed by atoms with E-state index in [0.717, 1.165) is 48.3 Å². The molecule has 114 valence electrons. The van der Waals surface area contributed by atoms with Crippen molar-refractivity contribution in [3.63, 3.8) is 0 Å². The van der Waals surface area contributed by atoms with Crippen LogP contribution in [0, 0.1) is 0 Å². The number of hydrogen-bond donors (Lipinski definition) is 0. The van der Waals surface area contributed by atoms with Gasteiger partial charge in [0.05, 0.1) is 14.2 Å². The van der Waals surface area contributed by atoms with Gasteiger partial charge in [0.2, 0.25) is 6.08 Å². The van der Waals surface area contributed by atoms with Crippen LogP contribution in [-0.2, 0) is 10.3 Å². The van der Waals surface area contributed by atoms with Crippen LogP contribution in [0.4, 0.5) is 0 Å². The predicted molar refractivity (Wildman–Crippen MR) is 81.9 cm³/mol. The van der Waals surface area contributed by atoms with Crippen LogP contribution in [0.1, 0.15) is 56.6 Å². The molecule has 2 rings (SSSR count). The zero-order chi connectivity index (χ0) is 15.5. The molecule has 0 radical (unpaired) electrons. The van der Waals surface area contributed by atoms with Gasteiger partial charge < -0.3 is 9.47 Å². The second-order valence-electron chi connectivity index (χ2n) is 5.89. The lowest BCUT2D eigenvalue weighted by Gasteiger charge is -2.27. The number of isocyanates is 1. The number of carbonyl (C=O) groups excluding carboxylic acids is 1. The minimum Gasteiger partial charge on any atom is -0.496 e. The van der Waals surface area contributed by atoms with Gasteiger partial charge in [0, 0.05) is 11.1 Å². The molecule has 0 atom stereocenters. The van der Waals surface area contributed by atoms with Crippen molar-refractivity contribution in [1.82, 2.24) is 0 Å². The summed E-state index contributed by atoms with van der Waals surface area (Å²) in [5, 5.41) is 0. The molecular formula is C17H23NO3. The van der Waals surface area contributed by atoms with Gasteiger partial charge in [-0.3, -0.25) is 0 Å². The number of rotatable bonds is 5. The highest BCUT2D eigenvalue weighted by atomic mass is 16.5. The molecule has 1 fully saturated rings. The molecule has 4 nitrogen and oxygen atoms in total. The smallest absolute Gasteiger partial charge is 0.235 e. The third-order valence-electron chi connectivity index (χ3n) is 4.37. The first-order chi connectivity index (χ1) is 10.1. The Hall–Kier alpha value is -1.80. The number of aliphatic imine (C=N–C) groups is 1. The first-order valence-corrected chi connectivity index (χ1v) is 7.43. The van der Waals surface area contributed by atoms with Gasteiger partial charge in [-0.25, -0.2) is 4.79 Å². The summed E-state index contributed by atoms with van der Waals surface area (Å²) in [7, 11) is 3.32. The van der Waals surface area contributed by atoms with Crippen LogP contribution in [0.15, 0.2) is 17.1 Å². The van der Waals surface area contributed by atoms with Crippen LogP contribution in [0.5, 0.6) is 11.5 Å². The Morgan fingerprint density at radius 1 is 1.14 bits per heavy atom. The summed E-state index contributed by atoms with van der Waals surface area (Å²) in [4.78, 5) is 15.0. The predicted octanol–water partition coefficient (Wildman–Crippen LogP) is 3.93. The fraction of sp³-hybridized carbons (Fsp3) is 0.588. The standard InChI is InChI=1S/C17H23NO3/c1-12(2)13-9-16(21-4)14(10-15(13)20-3)17(18-11-19)7-5-6-8-17/h9-10,12H,5-8H2,1-4H3. The summed E-state index contributed by atoms with van der Waals surface area (Å²) in [5.41, 5.74) is 1.53. The van der Waals surface area contributed by atoms with Crippen molar-refractivity contribution in [2.75, 3.05) is 14.2 Å². The van der Waals surface area contributed by atoms with Crippen LogP contribution < -0.4 is 9.47 Å². The van der Waals surface area contributed by atoms with E-state index in [1.807, 2.05) is 12.1 Å². The van der Waals surface area contributed by atoms with E-state index in [9.17, 15) is 4.79 Å². The van der Waals surface area contributed by atoms with Crippen molar-refractivity contribution in [1.29, 1.82) is 0 Å². The molecule has 0 heterocycles. The van der Waals surface area contributed by atoms with E-state index in [0.29, 0.717) is 5.92 Å². The van der Waals surface area contributed by atoms with Gasteiger partial charge in [-0.05, 0) is 30.9 Å². The first-order valence-electron chi connectivity index (χ1n) is 7.43. The third-order valence-corrected chi connectivity index (χ3v) is 4.37. The van der Waals surface area contributed by atoms with E-state index in [4.69, 9.17) is 9.47 Å². The van der Waals surface area contributed by atoms with Crippen molar-refractivity contribution >= 4 is 6.08 Å². The van der Waals surface area contributed by atoms with Crippen LogP contribution in [0.2, 0.25) is 0 Å². The molecule has 1 saturated carbocycles. The maximum atomic E-state index is 10.9. The van der Waals surface area contributed by atoms with Crippen molar-refractivity contribution < 1.29 is 14.3 Å². The summed E-state index contributed by atoms with van der Waals surface area (Å²) in [6.07, 6.45) is 5.57. The molecule has 4 heteroatoms. The number of benzene rings is 1. The summed E-state index contributed by atoms with van der Waals surface area (Å²) in [6.45, 7) is 4.23. The van der Waals surface area contributed by atoms with Gasteiger partial charge in [-0.15, -0.1) is 0 Å². The fourth-order valence-corrected chi connectivity index (χ4v) is 3.22. The Morgan fingerprint density at radius 3 is 2.24 bits per heavy atom. The second-order valence-corrected chi connectivity index (χ2v) is 5.89. The van der Waals surface area contributed by atoms with Crippen LogP contribution in [0.25, 0.3) is 0 Å². The minimum atomic E-state index is -0.504. The van der Waals surface area contributed by atoms with Crippen molar-refractivity contribution in [3.05, 3.63) is 23.3 Å². The lowest BCUT2D eigenvalue weighted by Crippen LogP contribution is -2.20. The maximum absolute atomic E-state index is 10.9. The third kappa shape index (κ3) is 2.81. The van der Waals surface area contributed by atoms with Gasteiger partial charge in [0.25, 0.3) is 0 Å². The Labute approximate surface area is 126 Å². The SMILES string of the molecule is COc1cc(C2(N=C=O)CCCC2)c(OC)cc1C(C)C. The molecule has 1 aliphatic rings. The van der Waals surface area contributed by atoms with Crippen molar-refractivity contribution in [3.8, 4) is 11.5 Å². The average Bonchev–Trinajstić information content (AvgIpc) is 2.95. The van der Waals surface area contributed by atoms with Crippen LogP contribution in [0.3, 0.4) is 0 Å². The first kappa shape index (κ1) is 15.6. The molecule has 0 bridgehead atoms. The molecule has 1 aromatic carbocycles. The fourth-order valence-electron chi connectivity index (χ4n) is 3.22. The molecule has 0 N–H and O–H groups in total. The quantitative estimate of drug-likeness (QED) is 0.609. The Morgan fingerprint density at radius 2 is 1.76 bits per heavy atom. The molecule has 21 heavy (non-hydrogen) atoms. The van der Waals surface area contributed by atoms with E-state index in [2.05, 4.69) is 18.8 Å². The zero-order valence-electron chi connectivity index (χ0n) is 13.2. The number of nitrogens with zero attached hydrogens (tertiary/aromatic N) is 1. The summed E-state index contributed by atoms with van der Waals surface area (Å²) in [5.74, 6) is 1.94. The molecule has 0 amide bonds. The molecule has 0 unspecified atom stereocenters. The van der Waals surface area contributed by atoms with E-state index < -0.39 is 5.54 Å². The summed E-state index contributed by atoms with van der Waals surface area (Å²) < 4.78 is 11.1. The van der Waals surface area contributed by atoms with Crippen molar-refractivity contribution in [2.45, 2.75) is 51.0 Å². The topological polar surface area (TPSA) is 47.9 Å². The normalized spacial score (nSPS) is 16.6. The minimum absolute atomic E-state index is 0.331. The van der Waals surface area contributed by atoms with E-state index in [-0.39, 0.29) is 0 Å². The Kier molecular flexibility index (Phi) is 4.69. The van der Waals surface area contributed by atoms with E-state index in [1.54, 1.807) is 20.3 Å². The van der Waals surface area contributed by atoms with Crippen molar-refractivity contribution in [2.24, 2.45) is 4.99 Å². The molecule has 0 aliphatic heterocycles. The molecule has 1 aromatic rings. The summed E-state index contributed by atoms with van der Waals surface area (Å²) in [6, 6.07) is 4.00. The molecule has 1 aliphatic carbocycles. The second kappa shape index (κ2) is 6.31. The monoisotopic (exact) mass is 289 g/mol. The molecule has 0 spiro atoms. The van der Waals surface area contributed by atoms with Gasteiger partial charge in [0.15, 0.2) is 0 Å². The Bertz CT molecular complexity index is 553. The molecular weight excluding hydrogens is 266 g/mol. The maximum Gasteiger partial charge on any atom is 0.235 e. The molecule has 0 saturated heterocycles. The highest BCUT2D eigenvalue weighted by Gasteiger charge is 2.38. The lowest BCUT2D eigenvalue weighted by atomic mass is 9.86. The number of ether oxygens (including phenoxy) is 2. The zero-order valence-corrected chi connectivity index (χ0v) is 13.2. The lowest BCUT2D eigenvalue weighted by molar-refractivity contribution is 0.368. The van der Waals surface area contributed by atoms with E-state index >= 15 is 0 Å². The van der Waals surface area contributed by atoms with Gasteiger partial charge >= 0.3 is 0 Å². The molecule has 0 aromatic heterocycles. The summed E-state index contributed by atoms with van der Waals surface area (Å²) >= 11 is 0. The van der Waals surface area contributed by atoms with E-state index in [1.165, 1.54) is 0 Å². The average molecular weight is 289 g/mol. The van der Waals surface area contributed by atoms with Crippen LogP contribution >= 0.6 is 0 Å². The van der Waals surface area contributed by atoms with Gasteiger partial charge in [-0.1, -0.05) is 26.7 Å². The Balaban J connectivity index is 2.64. The highest BCUT2D eigenvalue weighted by molar-refractivity contribution is 5.52. The highest BCUT2D eigenvalue weighted by Crippen LogP contribution is 2.48.